The van der Waals surface area contributed by atoms with Crippen molar-refractivity contribution in [3.05, 3.63) is 63.5 Å². The van der Waals surface area contributed by atoms with E-state index in [0.717, 1.165) is 9.86 Å². The molecule has 3 aromatic rings. The van der Waals surface area contributed by atoms with Crippen molar-refractivity contribution in [3.8, 4) is 0 Å². The van der Waals surface area contributed by atoms with Gasteiger partial charge in [-0.25, -0.2) is 9.52 Å². The first-order valence-corrected chi connectivity index (χ1v) is 7.24. The Morgan fingerprint density at radius 2 is 2.32 bits per heavy atom. The number of carbonyl (C=O) groups is 1. The van der Waals surface area contributed by atoms with E-state index in [-0.39, 0.29) is 18.2 Å². The zero-order valence-electron chi connectivity index (χ0n) is 11.6. The van der Waals surface area contributed by atoms with Gasteiger partial charge in [0.1, 0.15) is 11.8 Å². The van der Waals surface area contributed by atoms with E-state index in [4.69, 9.17) is 9.15 Å². The smallest absolute Gasteiger partial charge is 0.375 e. The van der Waals surface area contributed by atoms with Gasteiger partial charge in [0.05, 0.1) is 6.20 Å². The number of aryl methyl sites for hydroxylation is 1. The van der Waals surface area contributed by atoms with E-state index in [0.29, 0.717) is 15.9 Å². The number of carbonyl (C=O) groups excluding carboxylic acids is 1. The summed E-state index contributed by atoms with van der Waals surface area (Å²) < 4.78 is 12.1. The Kier molecular flexibility index (Phi) is 3.81. The van der Waals surface area contributed by atoms with Gasteiger partial charge in [-0.1, -0.05) is 15.9 Å². The highest BCUT2D eigenvalue weighted by Crippen LogP contribution is 2.28. The minimum absolute atomic E-state index is 0.104. The number of nitrogens with zero attached hydrogens (tertiary/aromatic N) is 2. The van der Waals surface area contributed by atoms with Gasteiger partial charge < -0.3 is 14.4 Å². The predicted molar refractivity (Wildman–Crippen MR) is 81.0 cm³/mol. The molecule has 2 heterocycles. The second kappa shape index (κ2) is 5.76. The van der Waals surface area contributed by atoms with Gasteiger partial charge in [0, 0.05) is 21.5 Å². The fourth-order valence-corrected chi connectivity index (χ4v) is 2.43. The van der Waals surface area contributed by atoms with Gasteiger partial charge in [0.2, 0.25) is 5.76 Å². The summed E-state index contributed by atoms with van der Waals surface area (Å²) in [6.07, 6.45) is 2.75. The third kappa shape index (κ3) is 2.67. The maximum absolute atomic E-state index is 12.1. The SMILES string of the molecule is Cc1c(C(=O)OCc2nccc[n+]2[O-])oc2ccc(Br)cc12. The lowest BCUT2D eigenvalue weighted by molar-refractivity contribution is -0.620. The maximum Gasteiger partial charge on any atom is 0.375 e. The maximum atomic E-state index is 12.1. The van der Waals surface area contributed by atoms with Crippen molar-refractivity contribution in [2.75, 3.05) is 0 Å². The van der Waals surface area contributed by atoms with Crippen LogP contribution in [0, 0.1) is 12.1 Å². The lowest BCUT2D eigenvalue weighted by Crippen LogP contribution is -2.33. The molecule has 0 spiro atoms. The summed E-state index contributed by atoms with van der Waals surface area (Å²) in [5.41, 5.74) is 1.29. The number of halogens is 1. The van der Waals surface area contributed by atoms with Crippen molar-refractivity contribution < 1.29 is 18.7 Å². The average Bonchev–Trinajstić information content (AvgIpc) is 2.83. The van der Waals surface area contributed by atoms with Crippen LogP contribution in [-0.4, -0.2) is 11.0 Å². The van der Waals surface area contributed by atoms with Crippen LogP contribution in [0.5, 0.6) is 0 Å². The second-order valence-electron chi connectivity index (χ2n) is 4.63. The van der Waals surface area contributed by atoms with Gasteiger partial charge in [-0.05, 0) is 30.1 Å². The fraction of sp³-hybridized carbons (Fsp3) is 0.133. The summed E-state index contributed by atoms with van der Waals surface area (Å²) in [5, 5.41) is 12.3. The lowest BCUT2D eigenvalue weighted by Gasteiger charge is -2.05. The molecule has 0 atom stereocenters. The van der Waals surface area contributed by atoms with Crippen molar-refractivity contribution in [2.45, 2.75) is 13.5 Å². The van der Waals surface area contributed by atoms with Crippen LogP contribution in [0.15, 0.2) is 45.5 Å². The standard InChI is InChI=1S/C15H11BrN2O4/c1-9-11-7-10(16)3-4-12(11)22-14(9)15(19)21-8-13-17-5-2-6-18(13)20/h2-7H,8H2,1H3. The Bertz CT molecular complexity index is 860. The van der Waals surface area contributed by atoms with Crippen molar-refractivity contribution in [3.63, 3.8) is 0 Å². The number of fused-ring (bicyclic) bond motifs is 1. The molecule has 0 aliphatic heterocycles. The molecule has 0 saturated carbocycles. The van der Waals surface area contributed by atoms with Gasteiger partial charge in [0.15, 0.2) is 6.61 Å². The van der Waals surface area contributed by atoms with E-state index in [1.165, 1.54) is 18.5 Å². The van der Waals surface area contributed by atoms with Gasteiger partial charge in [-0.3, -0.25) is 0 Å². The van der Waals surface area contributed by atoms with E-state index in [1.807, 2.05) is 12.1 Å². The van der Waals surface area contributed by atoms with Gasteiger partial charge >= 0.3 is 11.8 Å². The minimum atomic E-state index is -0.629. The Labute approximate surface area is 134 Å². The molecule has 6 nitrogen and oxygen atoms in total. The summed E-state index contributed by atoms with van der Waals surface area (Å²) in [4.78, 5) is 16.0. The summed E-state index contributed by atoms with van der Waals surface area (Å²) >= 11 is 3.38. The first-order chi connectivity index (χ1) is 10.6. The summed E-state index contributed by atoms with van der Waals surface area (Å²) in [7, 11) is 0. The molecule has 0 aliphatic rings. The monoisotopic (exact) mass is 362 g/mol. The van der Waals surface area contributed by atoms with E-state index in [2.05, 4.69) is 20.9 Å². The van der Waals surface area contributed by atoms with Crippen LogP contribution in [0.25, 0.3) is 11.0 Å². The fourth-order valence-electron chi connectivity index (χ4n) is 2.07. The summed E-state index contributed by atoms with van der Waals surface area (Å²) in [6.45, 7) is 1.56. The minimum Gasteiger partial charge on any atom is -0.711 e. The van der Waals surface area contributed by atoms with Gasteiger partial charge in [-0.2, -0.15) is 0 Å². The number of hydrogen-bond donors (Lipinski definition) is 0. The molecule has 0 unspecified atom stereocenters. The molecule has 0 aliphatic carbocycles. The molecule has 0 amide bonds. The molecule has 1 aromatic carbocycles. The number of aromatic nitrogens is 2. The lowest BCUT2D eigenvalue weighted by atomic mass is 10.1. The molecule has 0 radical (unpaired) electrons. The van der Waals surface area contributed by atoms with Crippen LogP contribution in [0.4, 0.5) is 0 Å². The van der Waals surface area contributed by atoms with E-state index in [9.17, 15) is 10.0 Å². The highest BCUT2D eigenvalue weighted by Gasteiger charge is 2.20. The average molecular weight is 363 g/mol. The van der Waals surface area contributed by atoms with Crippen LogP contribution < -0.4 is 4.73 Å². The van der Waals surface area contributed by atoms with Crippen molar-refractivity contribution in [2.24, 2.45) is 0 Å². The number of benzene rings is 1. The van der Waals surface area contributed by atoms with E-state index in [1.54, 1.807) is 13.0 Å². The second-order valence-corrected chi connectivity index (χ2v) is 5.55. The van der Waals surface area contributed by atoms with Crippen LogP contribution >= 0.6 is 15.9 Å². The first kappa shape index (κ1) is 14.5. The van der Waals surface area contributed by atoms with Crippen molar-refractivity contribution in [1.82, 2.24) is 4.98 Å². The van der Waals surface area contributed by atoms with Crippen LogP contribution in [-0.2, 0) is 11.3 Å². The molecule has 112 valence electrons. The number of hydrogen-bond acceptors (Lipinski definition) is 5. The van der Waals surface area contributed by atoms with Crippen LogP contribution in [0.2, 0.25) is 0 Å². The third-order valence-corrected chi connectivity index (χ3v) is 3.69. The van der Waals surface area contributed by atoms with Crippen LogP contribution in [0.3, 0.4) is 0 Å². The molecule has 7 heteroatoms. The summed E-state index contributed by atoms with van der Waals surface area (Å²) in [5.74, 6) is -0.399. The third-order valence-electron chi connectivity index (χ3n) is 3.20. The molecule has 3 rings (SSSR count). The molecular weight excluding hydrogens is 352 g/mol. The van der Waals surface area contributed by atoms with Crippen molar-refractivity contribution >= 4 is 32.9 Å². The Balaban J connectivity index is 1.83. The quantitative estimate of drug-likeness (QED) is 0.406. The number of ether oxygens (including phenoxy) is 1. The Morgan fingerprint density at radius 1 is 1.50 bits per heavy atom. The topological polar surface area (TPSA) is 79.3 Å². The Morgan fingerprint density at radius 3 is 3.09 bits per heavy atom. The highest BCUT2D eigenvalue weighted by atomic mass is 79.9. The van der Waals surface area contributed by atoms with E-state index >= 15 is 0 Å². The van der Waals surface area contributed by atoms with Gasteiger partial charge in [-0.15, -0.1) is 0 Å². The number of rotatable bonds is 3. The van der Waals surface area contributed by atoms with Crippen molar-refractivity contribution in [1.29, 1.82) is 0 Å². The molecule has 2 aromatic heterocycles. The molecule has 0 fully saturated rings. The van der Waals surface area contributed by atoms with Gasteiger partial charge in [0.25, 0.3) is 0 Å². The number of furan rings is 1. The first-order valence-electron chi connectivity index (χ1n) is 6.45. The molecule has 22 heavy (non-hydrogen) atoms. The largest absolute Gasteiger partial charge is 0.711 e. The number of esters is 1. The van der Waals surface area contributed by atoms with Crippen LogP contribution in [0.1, 0.15) is 21.9 Å². The zero-order valence-corrected chi connectivity index (χ0v) is 13.2. The van der Waals surface area contributed by atoms with E-state index < -0.39 is 5.97 Å². The molecular formula is C15H11BrN2O4. The highest BCUT2D eigenvalue weighted by molar-refractivity contribution is 9.10. The Hall–Kier alpha value is -2.41. The predicted octanol–water partition coefficient (Wildman–Crippen LogP) is 2.89. The zero-order chi connectivity index (χ0) is 15.7. The molecule has 0 bridgehead atoms. The summed E-state index contributed by atoms with van der Waals surface area (Å²) in [6, 6.07) is 6.97. The normalized spacial score (nSPS) is 10.8. The molecule has 0 N–H and O–H groups in total. The molecule has 0 saturated heterocycles.